The highest BCUT2D eigenvalue weighted by Crippen LogP contribution is 2.43. The molecule has 43 heavy (non-hydrogen) atoms. The fraction of sp³-hybridized carbons (Fsp3) is 0. The van der Waals surface area contributed by atoms with Crippen LogP contribution in [0.1, 0.15) is 0 Å². The van der Waals surface area contributed by atoms with Gasteiger partial charge in [-0.05, 0) is 51.2 Å². The predicted octanol–water partition coefficient (Wildman–Crippen LogP) is 10.1. The molecule has 4 nitrogen and oxygen atoms in total. The minimum absolute atomic E-state index is 0.681. The van der Waals surface area contributed by atoms with Gasteiger partial charge in [0.15, 0.2) is 17.8 Å². The highest BCUT2D eigenvalue weighted by molar-refractivity contribution is 6.07. The van der Waals surface area contributed by atoms with Gasteiger partial charge in [0.25, 0.3) is 0 Å². The molecule has 0 amide bonds. The molecule has 0 spiro atoms. The van der Waals surface area contributed by atoms with Crippen LogP contribution in [0.25, 0.3) is 78.0 Å². The number of hydrogen-bond donors (Lipinski definition) is 0. The van der Waals surface area contributed by atoms with Crippen LogP contribution in [0.2, 0.25) is 0 Å². The first kappa shape index (κ1) is 24.9. The predicted molar refractivity (Wildman–Crippen MR) is 174 cm³/mol. The molecule has 0 saturated carbocycles. The minimum Gasteiger partial charge on any atom is -0.443 e. The maximum atomic E-state index is 5.69. The third kappa shape index (κ3) is 4.55. The Morgan fingerprint density at radius 3 is 1.86 bits per heavy atom. The van der Waals surface area contributed by atoms with Crippen molar-refractivity contribution in [3.8, 4) is 56.2 Å². The Bertz CT molecular complexity index is 2180. The topological polar surface area (TPSA) is 51.8 Å². The molecule has 4 heteroatoms. The molecule has 0 saturated heterocycles. The molecule has 8 rings (SSSR count). The summed E-state index contributed by atoms with van der Waals surface area (Å²) >= 11 is 0. The van der Waals surface area contributed by atoms with E-state index in [0.717, 1.165) is 66.8 Å². The SMILES string of the molecule is c1ccc(-c2cc(-c3ccccc3)nc(-c3ccccc3-c3c(-c4ccc5ncoc5c4)ccc4ccccc34)n2)cc1. The third-order valence-electron chi connectivity index (χ3n) is 7.87. The van der Waals surface area contributed by atoms with Gasteiger partial charge in [-0.3, -0.25) is 0 Å². The lowest BCUT2D eigenvalue weighted by molar-refractivity contribution is 0.602. The minimum atomic E-state index is 0.681. The summed E-state index contributed by atoms with van der Waals surface area (Å²) in [5.74, 6) is 0.681. The lowest BCUT2D eigenvalue weighted by Crippen LogP contribution is -1.98. The van der Waals surface area contributed by atoms with E-state index < -0.39 is 0 Å². The molecule has 0 unspecified atom stereocenters. The van der Waals surface area contributed by atoms with E-state index in [1.54, 1.807) is 0 Å². The highest BCUT2D eigenvalue weighted by Gasteiger charge is 2.19. The van der Waals surface area contributed by atoms with Crippen molar-refractivity contribution < 1.29 is 4.42 Å². The van der Waals surface area contributed by atoms with Crippen molar-refractivity contribution in [1.29, 1.82) is 0 Å². The summed E-state index contributed by atoms with van der Waals surface area (Å²) in [6.45, 7) is 0. The fourth-order valence-electron chi connectivity index (χ4n) is 5.80. The second-order valence-electron chi connectivity index (χ2n) is 10.5. The number of hydrogen-bond acceptors (Lipinski definition) is 4. The summed E-state index contributed by atoms with van der Waals surface area (Å²) in [6.07, 6.45) is 1.49. The average Bonchev–Trinajstić information content (AvgIpc) is 3.57. The maximum Gasteiger partial charge on any atom is 0.181 e. The molecule has 6 aromatic carbocycles. The second-order valence-corrected chi connectivity index (χ2v) is 10.5. The molecule has 202 valence electrons. The summed E-state index contributed by atoms with van der Waals surface area (Å²) in [5.41, 5.74) is 10.8. The third-order valence-corrected chi connectivity index (χ3v) is 7.87. The molecule has 0 aliphatic rings. The van der Waals surface area contributed by atoms with E-state index in [9.17, 15) is 0 Å². The number of fused-ring (bicyclic) bond motifs is 2. The van der Waals surface area contributed by atoms with Gasteiger partial charge in [0.2, 0.25) is 0 Å². The summed E-state index contributed by atoms with van der Waals surface area (Å²) in [7, 11) is 0. The van der Waals surface area contributed by atoms with Crippen LogP contribution < -0.4 is 0 Å². The number of rotatable bonds is 5. The number of nitrogens with zero attached hydrogens (tertiary/aromatic N) is 3. The molecule has 0 bridgehead atoms. The molecule has 0 radical (unpaired) electrons. The van der Waals surface area contributed by atoms with E-state index in [2.05, 4.69) is 108 Å². The molecular formula is C39H25N3O. The van der Waals surface area contributed by atoms with Crippen molar-refractivity contribution in [2.75, 3.05) is 0 Å². The summed E-state index contributed by atoms with van der Waals surface area (Å²) in [4.78, 5) is 14.7. The van der Waals surface area contributed by atoms with Gasteiger partial charge in [0.1, 0.15) is 5.52 Å². The van der Waals surface area contributed by atoms with E-state index in [-0.39, 0.29) is 0 Å². The lowest BCUT2D eigenvalue weighted by Gasteiger charge is -2.18. The molecule has 0 fully saturated rings. The first-order valence-electron chi connectivity index (χ1n) is 14.3. The van der Waals surface area contributed by atoms with Gasteiger partial charge < -0.3 is 4.42 Å². The Morgan fingerprint density at radius 1 is 0.465 bits per heavy atom. The quantitative estimate of drug-likeness (QED) is 0.214. The van der Waals surface area contributed by atoms with Crippen molar-refractivity contribution in [3.63, 3.8) is 0 Å². The van der Waals surface area contributed by atoms with Gasteiger partial charge in [-0.25, -0.2) is 15.0 Å². The molecule has 0 atom stereocenters. The normalized spacial score (nSPS) is 11.3. The Balaban J connectivity index is 1.40. The van der Waals surface area contributed by atoms with Crippen LogP contribution in [0, 0.1) is 0 Å². The fourth-order valence-corrected chi connectivity index (χ4v) is 5.80. The number of benzene rings is 6. The van der Waals surface area contributed by atoms with Crippen molar-refractivity contribution in [1.82, 2.24) is 15.0 Å². The second kappa shape index (κ2) is 10.5. The largest absolute Gasteiger partial charge is 0.443 e. The first-order valence-corrected chi connectivity index (χ1v) is 14.3. The Morgan fingerprint density at radius 2 is 1.12 bits per heavy atom. The van der Waals surface area contributed by atoms with Crippen LogP contribution in [0.4, 0.5) is 0 Å². The molecule has 0 N–H and O–H groups in total. The van der Waals surface area contributed by atoms with E-state index in [0.29, 0.717) is 5.82 Å². The molecule has 0 aliphatic carbocycles. The Hall–Kier alpha value is -5.87. The van der Waals surface area contributed by atoms with E-state index in [4.69, 9.17) is 14.4 Å². The maximum absolute atomic E-state index is 5.69. The molecule has 2 aromatic heterocycles. The molecule has 2 heterocycles. The van der Waals surface area contributed by atoms with Crippen molar-refractivity contribution >= 4 is 21.9 Å². The van der Waals surface area contributed by atoms with E-state index in [1.807, 2.05) is 42.5 Å². The smallest absolute Gasteiger partial charge is 0.181 e. The number of aromatic nitrogens is 3. The van der Waals surface area contributed by atoms with Crippen molar-refractivity contribution in [2.24, 2.45) is 0 Å². The van der Waals surface area contributed by atoms with Gasteiger partial charge in [0.05, 0.1) is 11.4 Å². The van der Waals surface area contributed by atoms with Crippen LogP contribution in [-0.2, 0) is 0 Å². The van der Waals surface area contributed by atoms with Crippen LogP contribution in [0.3, 0.4) is 0 Å². The summed E-state index contributed by atoms with van der Waals surface area (Å²) < 4.78 is 5.69. The summed E-state index contributed by atoms with van der Waals surface area (Å²) in [5, 5.41) is 2.33. The first-order chi connectivity index (χ1) is 21.3. The lowest BCUT2D eigenvalue weighted by atomic mass is 9.87. The van der Waals surface area contributed by atoms with Gasteiger partial charge in [-0.2, -0.15) is 0 Å². The molecule has 8 aromatic rings. The number of oxazole rings is 1. The Labute approximate surface area is 249 Å². The highest BCUT2D eigenvalue weighted by atomic mass is 16.3. The van der Waals surface area contributed by atoms with Crippen LogP contribution in [-0.4, -0.2) is 15.0 Å². The van der Waals surface area contributed by atoms with Crippen molar-refractivity contribution in [2.45, 2.75) is 0 Å². The van der Waals surface area contributed by atoms with Gasteiger partial charge in [-0.1, -0.05) is 127 Å². The van der Waals surface area contributed by atoms with Gasteiger partial charge in [-0.15, -0.1) is 0 Å². The summed E-state index contributed by atoms with van der Waals surface area (Å²) in [6, 6.07) is 50.2. The van der Waals surface area contributed by atoms with Crippen LogP contribution >= 0.6 is 0 Å². The van der Waals surface area contributed by atoms with Crippen LogP contribution in [0.15, 0.2) is 156 Å². The molecule has 0 aliphatic heterocycles. The Kier molecular flexibility index (Phi) is 6.08. The van der Waals surface area contributed by atoms with E-state index in [1.165, 1.54) is 11.8 Å². The van der Waals surface area contributed by atoms with Gasteiger partial charge >= 0.3 is 0 Å². The zero-order chi connectivity index (χ0) is 28.6. The van der Waals surface area contributed by atoms with Crippen LogP contribution in [0.5, 0.6) is 0 Å². The molecular weight excluding hydrogens is 526 g/mol. The zero-order valence-electron chi connectivity index (χ0n) is 23.2. The standard InChI is InChI=1S/C39H25N3O/c1-3-12-27(13-4-1)35-24-36(28-14-5-2-6-15-28)42-39(41-35)33-18-10-9-17-32(33)38-30-16-8-7-11-26(30)19-21-31(38)29-20-22-34-37(23-29)43-25-40-34/h1-25H. The monoisotopic (exact) mass is 551 g/mol. The van der Waals surface area contributed by atoms with Crippen molar-refractivity contribution in [3.05, 3.63) is 152 Å². The zero-order valence-corrected chi connectivity index (χ0v) is 23.2. The van der Waals surface area contributed by atoms with Gasteiger partial charge in [0, 0.05) is 16.7 Å². The van der Waals surface area contributed by atoms with E-state index >= 15 is 0 Å². The average molecular weight is 552 g/mol.